The molecule has 2 heterocycles. The van der Waals surface area contributed by atoms with Crippen LogP contribution >= 0.6 is 0 Å². The van der Waals surface area contributed by atoms with Crippen LogP contribution in [0.5, 0.6) is 0 Å². The average molecular weight is 466 g/mol. The number of benzene rings is 1. The van der Waals surface area contributed by atoms with E-state index < -0.39 is 17.9 Å². The van der Waals surface area contributed by atoms with Gasteiger partial charge in [0.25, 0.3) is 0 Å². The van der Waals surface area contributed by atoms with E-state index >= 15 is 0 Å². The Hall–Kier alpha value is -3.68. The third-order valence-corrected chi connectivity index (χ3v) is 5.81. The number of hydrogen-bond acceptors (Lipinski definition) is 5. The molecule has 3 atom stereocenters. The van der Waals surface area contributed by atoms with Crippen LogP contribution in [0.15, 0.2) is 60.8 Å². The highest BCUT2D eigenvalue weighted by atomic mass is 16.5. The first-order chi connectivity index (χ1) is 16.5. The molecule has 0 radical (unpaired) electrons. The predicted octanol–water partition coefficient (Wildman–Crippen LogP) is 2.58. The molecule has 1 fully saturated rings. The fourth-order valence-electron chi connectivity index (χ4n) is 4.04. The Bertz CT molecular complexity index is 1000. The molecule has 3 N–H and O–H groups in total. The molecule has 1 aromatic carbocycles. The minimum atomic E-state index is -0.617. The van der Waals surface area contributed by atoms with Crippen LogP contribution in [0, 0.1) is 11.8 Å². The Morgan fingerprint density at radius 2 is 1.97 bits per heavy atom. The van der Waals surface area contributed by atoms with E-state index in [1.807, 2.05) is 30.3 Å². The summed E-state index contributed by atoms with van der Waals surface area (Å²) in [7, 11) is 0. The molecule has 0 bridgehead atoms. The van der Waals surface area contributed by atoms with E-state index in [9.17, 15) is 19.2 Å². The van der Waals surface area contributed by atoms with Crippen LogP contribution in [-0.4, -0.2) is 47.7 Å². The van der Waals surface area contributed by atoms with Crippen LogP contribution in [0.25, 0.3) is 0 Å². The number of ether oxygens (including phenoxy) is 1. The van der Waals surface area contributed by atoms with Gasteiger partial charge in [-0.25, -0.2) is 4.79 Å². The summed E-state index contributed by atoms with van der Waals surface area (Å²) in [4.78, 5) is 53.0. The van der Waals surface area contributed by atoms with Crippen LogP contribution in [0.2, 0.25) is 0 Å². The molecule has 2 amide bonds. The highest BCUT2D eigenvalue weighted by molar-refractivity contribution is 5.97. The largest absolute Gasteiger partial charge is 0.463 e. The first-order valence-corrected chi connectivity index (χ1v) is 11.6. The van der Waals surface area contributed by atoms with Crippen molar-refractivity contribution >= 4 is 23.6 Å². The zero-order chi connectivity index (χ0) is 24.3. The van der Waals surface area contributed by atoms with E-state index in [2.05, 4.69) is 15.6 Å². The number of nitrogens with one attached hydrogen (secondary N) is 3. The maximum absolute atomic E-state index is 13.4. The predicted molar refractivity (Wildman–Crippen MR) is 127 cm³/mol. The van der Waals surface area contributed by atoms with Crippen molar-refractivity contribution in [3.8, 4) is 0 Å². The molecular weight excluding hydrogens is 434 g/mol. The van der Waals surface area contributed by atoms with Crippen molar-refractivity contribution in [2.75, 3.05) is 13.2 Å². The Morgan fingerprint density at radius 1 is 1.18 bits per heavy atom. The fraction of sp³-hybridized carbons (Fsp3) is 0.385. The number of ketones is 1. The van der Waals surface area contributed by atoms with E-state index in [1.54, 1.807) is 31.3 Å². The van der Waals surface area contributed by atoms with Gasteiger partial charge in [0, 0.05) is 43.1 Å². The molecule has 8 heteroatoms. The first kappa shape index (κ1) is 25.0. The fourth-order valence-corrected chi connectivity index (χ4v) is 4.04. The highest BCUT2D eigenvalue weighted by Crippen LogP contribution is 2.20. The number of aromatic amines is 1. The van der Waals surface area contributed by atoms with Crippen LogP contribution in [-0.2, 0) is 25.5 Å². The van der Waals surface area contributed by atoms with E-state index in [0.29, 0.717) is 31.5 Å². The Labute approximate surface area is 199 Å². The number of amides is 2. The minimum absolute atomic E-state index is 0.0272. The Kier molecular flexibility index (Phi) is 9.20. The van der Waals surface area contributed by atoms with E-state index in [1.165, 1.54) is 6.08 Å². The van der Waals surface area contributed by atoms with Crippen molar-refractivity contribution in [2.24, 2.45) is 11.8 Å². The van der Waals surface area contributed by atoms with Gasteiger partial charge < -0.3 is 20.4 Å². The first-order valence-electron chi connectivity index (χ1n) is 11.6. The lowest BCUT2D eigenvalue weighted by molar-refractivity contribution is -0.137. The number of carbonyl (C=O) groups excluding carboxylic acids is 4. The summed E-state index contributed by atoms with van der Waals surface area (Å²) < 4.78 is 4.94. The van der Waals surface area contributed by atoms with Gasteiger partial charge >= 0.3 is 5.97 Å². The van der Waals surface area contributed by atoms with Gasteiger partial charge in [-0.3, -0.25) is 14.4 Å². The summed E-state index contributed by atoms with van der Waals surface area (Å²) in [6, 6.07) is 12.4. The minimum Gasteiger partial charge on any atom is -0.463 e. The summed E-state index contributed by atoms with van der Waals surface area (Å²) in [5, 5.41) is 5.75. The van der Waals surface area contributed by atoms with Gasteiger partial charge in [0.2, 0.25) is 11.8 Å². The molecule has 1 saturated heterocycles. The van der Waals surface area contributed by atoms with Gasteiger partial charge in [0.05, 0.1) is 12.3 Å². The van der Waals surface area contributed by atoms with Gasteiger partial charge in [0.15, 0.2) is 5.78 Å². The van der Waals surface area contributed by atoms with E-state index in [0.717, 1.165) is 5.56 Å². The number of aromatic nitrogens is 1. The lowest BCUT2D eigenvalue weighted by Gasteiger charge is -2.22. The number of rotatable bonds is 12. The molecule has 8 nitrogen and oxygen atoms in total. The highest BCUT2D eigenvalue weighted by Gasteiger charge is 2.29. The number of carbonyl (C=O) groups is 4. The van der Waals surface area contributed by atoms with Crippen molar-refractivity contribution in [1.82, 2.24) is 15.6 Å². The van der Waals surface area contributed by atoms with E-state index in [-0.39, 0.29) is 36.5 Å². The van der Waals surface area contributed by atoms with Crippen LogP contribution < -0.4 is 10.6 Å². The number of H-pyrrole nitrogens is 1. The SMILES string of the molecule is CCOC(=O)/C=C/[C@H](C[C@@H]1CCNC1=O)NC(=O)[C@@H](CC(=O)c1ccc[nH]1)Cc1ccccc1. The Balaban J connectivity index is 1.76. The lowest BCUT2D eigenvalue weighted by atomic mass is 9.91. The van der Waals surface area contributed by atoms with E-state index in [4.69, 9.17) is 4.74 Å². The molecule has 0 aliphatic carbocycles. The molecule has 2 aromatic rings. The molecule has 1 aliphatic rings. The van der Waals surface area contributed by atoms with Crippen molar-refractivity contribution in [3.05, 3.63) is 72.1 Å². The zero-order valence-electron chi connectivity index (χ0n) is 19.3. The molecule has 1 aromatic heterocycles. The maximum Gasteiger partial charge on any atom is 0.330 e. The van der Waals surface area contributed by atoms with Gasteiger partial charge in [-0.2, -0.15) is 0 Å². The monoisotopic (exact) mass is 465 g/mol. The van der Waals surface area contributed by atoms with Crippen LogP contribution in [0.3, 0.4) is 0 Å². The lowest BCUT2D eigenvalue weighted by Crippen LogP contribution is -2.41. The second kappa shape index (κ2) is 12.5. The quantitative estimate of drug-likeness (QED) is 0.253. The summed E-state index contributed by atoms with van der Waals surface area (Å²) in [6.45, 7) is 2.54. The summed E-state index contributed by atoms with van der Waals surface area (Å²) >= 11 is 0. The molecule has 0 saturated carbocycles. The van der Waals surface area contributed by atoms with Crippen LogP contribution in [0.1, 0.15) is 42.2 Å². The van der Waals surface area contributed by atoms with Gasteiger partial charge in [-0.15, -0.1) is 0 Å². The summed E-state index contributed by atoms with van der Waals surface area (Å²) in [5.74, 6) is -1.91. The second-order valence-electron chi connectivity index (χ2n) is 8.34. The second-order valence-corrected chi connectivity index (χ2v) is 8.34. The van der Waals surface area contributed by atoms with Gasteiger partial charge in [-0.1, -0.05) is 36.4 Å². The molecule has 34 heavy (non-hydrogen) atoms. The van der Waals surface area contributed by atoms with Gasteiger partial charge in [0.1, 0.15) is 0 Å². The third-order valence-electron chi connectivity index (χ3n) is 5.81. The third kappa shape index (κ3) is 7.43. The van der Waals surface area contributed by atoms with Gasteiger partial charge in [-0.05, 0) is 43.9 Å². The van der Waals surface area contributed by atoms with Crippen molar-refractivity contribution in [1.29, 1.82) is 0 Å². The normalized spacial score (nSPS) is 17.2. The average Bonchev–Trinajstić information content (AvgIpc) is 3.50. The number of Topliss-reactive ketones (excluding diaryl/α,β-unsaturated/α-hetero) is 1. The standard InChI is InChI=1S/C26H31N3O5/c1-2-34-24(31)11-10-21(16-19-12-14-28-25(19)32)29-26(33)20(15-18-7-4-3-5-8-18)17-23(30)22-9-6-13-27-22/h3-11,13,19-21,27H,2,12,14-17H2,1H3,(H,28,32)(H,29,33)/b11-10+/t19-,20+,21+/m0/s1. The topological polar surface area (TPSA) is 117 Å². The number of esters is 1. The maximum atomic E-state index is 13.4. The summed E-state index contributed by atoms with van der Waals surface area (Å²) in [6.07, 6.45) is 5.94. The molecule has 1 aliphatic heterocycles. The van der Waals surface area contributed by atoms with Crippen molar-refractivity contribution in [2.45, 2.75) is 38.6 Å². The molecule has 180 valence electrons. The van der Waals surface area contributed by atoms with Crippen molar-refractivity contribution < 1.29 is 23.9 Å². The molecular formula is C26H31N3O5. The zero-order valence-corrected chi connectivity index (χ0v) is 19.3. The number of hydrogen-bond donors (Lipinski definition) is 3. The molecule has 0 spiro atoms. The summed E-state index contributed by atoms with van der Waals surface area (Å²) in [5.41, 5.74) is 1.39. The smallest absolute Gasteiger partial charge is 0.330 e. The Morgan fingerprint density at radius 3 is 2.62 bits per heavy atom. The van der Waals surface area contributed by atoms with Crippen molar-refractivity contribution in [3.63, 3.8) is 0 Å². The molecule has 0 unspecified atom stereocenters. The molecule has 3 rings (SSSR count). The van der Waals surface area contributed by atoms with Crippen LogP contribution in [0.4, 0.5) is 0 Å².